The van der Waals surface area contributed by atoms with Gasteiger partial charge in [-0.3, -0.25) is 4.79 Å². The van der Waals surface area contributed by atoms with Gasteiger partial charge in [0, 0.05) is 17.7 Å². The van der Waals surface area contributed by atoms with Crippen LogP contribution in [0, 0.1) is 5.95 Å². The summed E-state index contributed by atoms with van der Waals surface area (Å²) in [7, 11) is 0. The Balaban J connectivity index is 1.71. The minimum atomic E-state index is -1.27. The molecule has 0 bridgehead atoms. The first kappa shape index (κ1) is 19.0. The highest BCUT2D eigenvalue weighted by molar-refractivity contribution is 5.96. The number of hydrogen-bond acceptors (Lipinski definition) is 3. The molecule has 2 aromatic carbocycles. The second kappa shape index (κ2) is 8.77. The predicted octanol–water partition coefficient (Wildman–Crippen LogP) is 3.71. The van der Waals surface area contributed by atoms with Crippen LogP contribution >= 0.6 is 0 Å². The molecule has 0 saturated carbocycles. The molecular weight excluding hydrogens is 361 g/mol. The Hall–Kier alpha value is -3.74. The molecule has 3 aromatic rings. The molecule has 0 fully saturated rings. The Morgan fingerprint density at radius 3 is 2.32 bits per heavy atom. The van der Waals surface area contributed by atoms with Gasteiger partial charge in [0.1, 0.15) is 6.04 Å². The monoisotopic (exact) mass is 379 g/mol. The van der Waals surface area contributed by atoms with Gasteiger partial charge in [-0.05, 0) is 29.8 Å². The number of nitrogens with one attached hydrogen (secondary N) is 2. The summed E-state index contributed by atoms with van der Waals surface area (Å²) in [5.41, 5.74) is 2.51. The molecule has 28 heavy (non-hydrogen) atoms. The number of pyridine rings is 1. The van der Waals surface area contributed by atoms with Gasteiger partial charge in [-0.1, -0.05) is 48.5 Å². The van der Waals surface area contributed by atoms with E-state index in [2.05, 4.69) is 15.6 Å². The lowest BCUT2D eigenvalue weighted by molar-refractivity contribution is -0.118. The number of benzene rings is 2. The van der Waals surface area contributed by atoms with Crippen molar-refractivity contribution in [2.24, 2.45) is 0 Å². The van der Waals surface area contributed by atoms with Gasteiger partial charge in [0.15, 0.2) is 0 Å². The summed E-state index contributed by atoms with van der Waals surface area (Å²) in [4.78, 5) is 27.4. The highest BCUT2D eigenvalue weighted by atomic mass is 19.1. The predicted molar refractivity (Wildman–Crippen MR) is 103 cm³/mol. The maximum Gasteiger partial charge on any atom is 0.405 e. The molecule has 0 unspecified atom stereocenters. The number of aromatic nitrogens is 1. The van der Waals surface area contributed by atoms with E-state index in [9.17, 15) is 14.0 Å². The maximum atomic E-state index is 13.3. The molecule has 0 spiro atoms. The van der Waals surface area contributed by atoms with Gasteiger partial charge in [0.2, 0.25) is 11.9 Å². The molecule has 0 saturated heterocycles. The highest BCUT2D eigenvalue weighted by Crippen LogP contribution is 2.20. The number of halogens is 1. The van der Waals surface area contributed by atoms with Crippen molar-refractivity contribution in [2.75, 3.05) is 5.32 Å². The largest absolute Gasteiger partial charge is 0.465 e. The standard InChI is InChI=1S/C21H18FN3O3/c22-19-8-4-7-17(24-19)15-9-11-16(12-10-15)23-20(26)18(25-21(27)28)13-14-5-2-1-3-6-14/h1-12,18,25H,13H2,(H,23,26)(H,27,28)/t18-/m0/s1. The van der Waals surface area contributed by atoms with Crippen LogP contribution < -0.4 is 10.6 Å². The van der Waals surface area contributed by atoms with E-state index in [0.717, 1.165) is 5.56 Å². The van der Waals surface area contributed by atoms with Crippen molar-refractivity contribution in [3.05, 3.63) is 84.3 Å². The van der Waals surface area contributed by atoms with E-state index in [1.807, 2.05) is 30.3 Å². The molecular formula is C21H18FN3O3. The van der Waals surface area contributed by atoms with E-state index in [1.54, 1.807) is 36.4 Å². The molecule has 1 aromatic heterocycles. The summed E-state index contributed by atoms with van der Waals surface area (Å²) in [6.07, 6.45) is -1.05. The number of nitrogens with zero attached hydrogens (tertiary/aromatic N) is 1. The number of rotatable bonds is 6. The van der Waals surface area contributed by atoms with Crippen LogP contribution in [-0.2, 0) is 11.2 Å². The molecule has 0 aliphatic carbocycles. The van der Waals surface area contributed by atoms with Crippen LogP contribution in [0.3, 0.4) is 0 Å². The molecule has 1 atom stereocenters. The van der Waals surface area contributed by atoms with Gasteiger partial charge in [-0.15, -0.1) is 0 Å². The van der Waals surface area contributed by atoms with E-state index in [0.29, 0.717) is 16.9 Å². The molecule has 0 radical (unpaired) electrons. The van der Waals surface area contributed by atoms with Crippen LogP contribution in [0.5, 0.6) is 0 Å². The van der Waals surface area contributed by atoms with Crippen LogP contribution in [0.1, 0.15) is 5.56 Å². The van der Waals surface area contributed by atoms with Gasteiger partial charge in [0.05, 0.1) is 5.69 Å². The van der Waals surface area contributed by atoms with Crippen LogP contribution in [-0.4, -0.2) is 28.1 Å². The fraction of sp³-hybridized carbons (Fsp3) is 0.0952. The average molecular weight is 379 g/mol. The van der Waals surface area contributed by atoms with Crippen molar-refractivity contribution in [3.8, 4) is 11.3 Å². The lowest BCUT2D eigenvalue weighted by Gasteiger charge is -2.17. The number of carboxylic acid groups (broad SMARTS) is 1. The fourth-order valence-corrected chi connectivity index (χ4v) is 2.73. The second-order valence-electron chi connectivity index (χ2n) is 6.10. The van der Waals surface area contributed by atoms with Gasteiger partial charge in [-0.2, -0.15) is 4.39 Å². The smallest absolute Gasteiger partial charge is 0.405 e. The van der Waals surface area contributed by atoms with E-state index >= 15 is 0 Å². The van der Waals surface area contributed by atoms with Crippen molar-refractivity contribution in [2.45, 2.75) is 12.5 Å². The summed E-state index contributed by atoms with van der Waals surface area (Å²) < 4.78 is 13.3. The van der Waals surface area contributed by atoms with Crippen molar-refractivity contribution in [3.63, 3.8) is 0 Å². The molecule has 7 heteroatoms. The minimum absolute atomic E-state index is 0.226. The summed E-state index contributed by atoms with van der Waals surface area (Å²) in [5.74, 6) is -1.04. The molecule has 1 heterocycles. The Labute approximate surface area is 161 Å². The van der Waals surface area contributed by atoms with Gasteiger partial charge < -0.3 is 15.7 Å². The molecule has 6 nitrogen and oxygen atoms in total. The maximum absolute atomic E-state index is 13.3. The summed E-state index contributed by atoms with van der Waals surface area (Å²) in [6, 6.07) is 19.4. The van der Waals surface area contributed by atoms with Crippen molar-refractivity contribution in [1.82, 2.24) is 10.3 Å². The van der Waals surface area contributed by atoms with Gasteiger partial charge in [0.25, 0.3) is 0 Å². The van der Waals surface area contributed by atoms with Crippen molar-refractivity contribution >= 4 is 17.7 Å². The molecule has 142 valence electrons. The summed E-state index contributed by atoms with van der Waals surface area (Å²) >= 11 is 0. The molecule has 0 aliphatic heterocycles. The normalized spacial score (nSPS) is 11.5. The first-order valence-electron chi connectivity index (χ1n) is 8.58. The Bertz CT molecular complexity index is 962. The van der Waals surface area contributed by atoms with E-state index in [-0.39, 0.29) is 6.42 Å². The number of anilines is 1. The zero-order valence-electron chi connectivity index (χ0n) is 14.8. The minimum Gasteiger partial charge on any atom is -0.465 e. The van der Waals surface area contributed by atoms with Crippen molar-refractivity contribution in [1.29, 1.82) is 0 Å². The Kier molecular flexibility index (Phi) is 5.96. The molecule has 2 amide bonds. The van der Waals surface area contributed by atoms with E-state index in [4.69, 9.17) is 5.11 Å². The van der Waals surface area contributed by atoms with Gasteiger partial charge in [-0.25, -0.2) is 9.78 Å². The molecule has 3 rings (SSSR count). The second-order valence-corrected chi connectivity index (χ2v) is 6.10. The van der Waals surface area contributed by atoms with E-state index in [1.165, 1.54) is 6.07 Å². The fourth-order valence-electron chi connectivity index (χ4n) is 2.73. The van der Waals surface area contributed by atoms with E-state index < -0.39 is 24.0 Å². The third-order valence-electron chi connectivity index (χ3n) is 4.06. The highest BCUT2D eigenvalue weighted by Gasteiger charge is 2.21. The first-order valence-corrected chi connectivity index (χ1v) is 8.58. The Morgan fingerprint density at radius 2 is 1.68 bits per heavy atom. The number of amides is 2. The average Bonchev–Trinajstić information content (AvgIpc) is 2.68. The molecule has 3 N–H and O–H groups in total. The van der Waals surface area contributed by atoms with Crippen LogP contribution in [0.25, 0.3) is 11.3 Å². The number of carbonyl (C=O) groups is 2. The topological polar surface area (TPSA) is 91.3 Å². The third-order valence-corrected chi connectivity index (χ3v) is 4.06. The number of hydrogen-bond donors (Lipinski definition) is 3. The number of carbonyl (C=O) groups excluding carboxylic acids is 1. The quantitative estimate of drug-likeness (QED) is 0.570. The molecule has 0 aliphatic rings. The summed E-state index contributed by atoms with van der Waals surface area (Å²) in [5, 5.41) is 14.0. The zero-order valence-corrected chi connectivity index (χ0v) is 14.8. The lowest BCUT2D eigenvalue weighted by atomic mass is 10.1. The van der Waals surface area contributed by atoms with Gasteiger partial charge >= 0.3 is 6.09 Å². The SMILES string of the molecule is O=C(O)N[C@@H](Cc1ccccc1)C(=O)Nc1ccc(-c2cccc(F)n2)cc1. The Morgan fingerprint density at radius 1 is 0.964 bits per heavy atom. The van der Waals surface area contributed by atoms with Crippen LogP contribution in [0.15, 0.2) is 72.8 Å². The zero-order chi connectivity index (χ0) is 19.9. The lowest BCUT2D eigenvalue weighted by Crippen LogP contribution is -2.44. The summed E-state index contributed by atoms with van der Waals surface area (Å²) in [6.45, 7) is 0. The van der Waals surface area contributed by atoms with Crippen LogP contribution in [0.4, 0.5) is 14.9 Å². The third kappa shape index (κ3) is 5.14. The first-order chi connectivity index (χ1) is 13.5. The van der Waals surface area contributed by atoms with Crippen molar-refractivity contribution < 1.29 is 19.1 Å². The van der Waals surface area contributed by atoms with Crippen LogP contribution in [0.2, 0.25) is 0 Å².